The lowest BCUT2D eigenvalue weighted by Gasteiger charge is -1.99. The fourth-order valence-electron chi connectivity index (χ4n) is 2.32. The van der Waals surface area contributed by atoms with Gasteiger partial charge in [-0.25, -0.2) is 0 Å². The van der Waals surface area contributed by atoms with E-state index < -0.39 is 0 Å². The van der Waals surface area contributed by atoms with Crippen LogP contribution in [0.2, 0.25) is 0 Å². The van der Waals surface area contributed by atoms with Gasteiger partial charge in [0.2, 0.25) is 0 Å². The van der Waals surface area contributed by atoms with E-state index >= 15 is 0 Å². The normalized spacial score (nSPS) is 11.0. The second kappa shape index (κ2) is 5.89. The summed E-state index contributed by atoms with van der Waals surface area (Å²) < 4.78 is 0. The van der Waals surface area contributed by atoms with Crippen LogP contribution in [-0.4, -0.2) is 0 Å². The first-order chi connectivity index (χ1) is 10.4. The molecule has 4 heteroatoms. The Morgan fingerprint density at radius 3 is 2.48 bits per heavy atom. The van der Waals surface area contributed by atoms with Gasteiger partial charge in [0.15, 0.2) is 0 Å². The van der Waals surface area contributed by atoms with Crippen LogP contribution in [0.4, 0.5) is 0 Å². The summed E-state index contributed by atoms with van der Waals surface area (Å²) in [7, 11) is 0. The van der Waals surface area contributed by atoms with Gasteiger partial charge < -0.3 is 0 Å². The van der Waals surface area contributed by atoms with Crippen molar-refractivity contribution in [2.45, 2.75) is 6.42 Å². The van der Waals surface area contributed by atoms with Crippen molar-refractivity contribution in [2.75, 3.05) is 0 Å². The van der Waals surface area contributed by atoms with E-state index in [1.165, 1.54) is 30.6 Å². The van der Waals surface area contributed by atoms with Crippen molar-refractivity contribution in [3.63, 3.8) is 0 Å². The second-order valence-corrected chi connectivity index (χ2v) is 8.52. The quantitative estimate of drug-likeness (QED) is 0.379. The van der Waals surface area contributed by atoms with Crippen molar-refractivity contribution >= 4 is 45.3 Å². The molecule has 0 amide bonds. The number of rotatable bonds is 4. The Morgan fingerprint density at radius 2 is 1.76 bits per heavy atom. The van der Waals surface area contributed by atoms with Crippen molar-refractivity contribution in [3.8, 4) is 20.2 Å². The Balaban J connectivity index is 1.79. The highest BCUT2D eigenvalue weighted by Crippen LogP contribution is 2.41. The molecule has 4 heterocycles. The molecule has 0 aromatic carbocycles. The van der Waals surface area contributed by atoms with Crippen molar-refractivity contribution in [1.82, 2.24) is 0 Å². The Kier molecular flexibility index (Phi) is 3.78. The molecular weight excluding hydrogens is 332 g/mol. The lowest BCUT2D eigenvalue weighted by Crippen LogP contribution is -1.83. The van der Waals surface area contributed by atoms with Crippen LogP contribution in [0.1, 0.15) is 10.4 Å². The zero-order valence-corrected chi connectivity index (χ0v) is 14.4. The fraction of sp³-hybridized carbons (Fsp3) is 0.0588. The highest BCUT2D eigenvalue weighted by Gasteiger charge is 2.14. The monoisotopic (exact) mass is 344 g/mol. The van der Waals surface area contributed by atoms with Crippen LogP contribution < -0.4 is 0 Å². The van der Waals surface area contributed by atoms with Crippen LogP contribution in [0.15, 0.2) is 57.9 Å². The van der Waals surface area contributed by atoms with Crippen molar-refractivity contribution < 1.29 is 0 Å². The van der Waals surface area contributed by atoms with Gasteiger partial charge in [-0.05, 0) is 51.3 Å². The minimum atomic E-state index is 1.03. The largest absolute Gasteiger partial charge is 0.152 e. The van der Waals surface area contributed by atoms with E-state index in [1.807, 2.05) is 34.0 Å². The molecule has 0 aliphatic carbocycles. The Morgan fingerprint density at radius 1 is 0.857 bits per heavy atom. The van der Waals surface area contributed by atoms with Crippen LogP contribution in [0.25, 0.3) is 20.2 Å². The molecular formula is C17H12S4. The third-order valence-electron chi connectivity index (χ3n) is 3.30. The third kappa shape index (κ3) is 2.77. The molecule has 0 nitrogen and oxygen atoms in total. The van der Waals surface area contributed by atoms with Gasteiger partial charge >= 0.3 is 0 Å². The maximum absolute atomic E-state index is 2.38. The summed E-state index contributed by atoms with van der Waals surface area (Å²) in [4.78, 5) is 5.63. The number of thiophene rings is 4. The molecule has 4 aromatic rings. The molecule has 0 radical (unpaired) electrons. The lowest BCUT2D eigenvalue weighted by atomic mass is 10.1. The van der Waals surface area contributed by atoms with Crippen molar-refractivity contribution in [3.05, 3.63) is 68.4 Å². The molecule has 104 valence electrons. The molecule has 0 N–H and O–H groups in total. The first-order valence-corrected chi connectivity index (χ1v) is 10.1. The lowest BCUT2D eigenvalue weighted by molar-refractivity contribution is 1.27. The average Bonchev–Trinajstić information content (AvgIpc) is 3.28. The predicted octanol–water partition coefficient (Wildman–Crippen LogP) is 6.86. The molecule has 21 heavy (non-hydrogen) atoms. The first-order valence-electron chi connectivity index (χ1n) is 6.62. The molecule has 0 saturated carbocycles. The summed E-state index contributed by atoms with van der Waals surface area (Å²) >= 11 is 7.35. The van der Waals surface area contributed by atoms with Crippen LogP contribution in [0.5, 0.6) is 0 Å². The first kappa shape index (κ1) is 13.5. The molecule has 0 unspecified atom stereocenters. The standard InChI is InChI=1S/C17H12S4/c1-3-14(19-6-1)9-13-10-16(12-5-8-18-11-12)21-17(13)15-4-2-7-20-15/h1-8,10-11H,9H2. The SMILES string of the molecule is c1csc(Cc2cc(-c3ccsc3)sc2-c2cccs2)c1. The maximum atomic E-state index is 2.38. The fourth-order valence-corrected chi connectivity index (χ4v) is 5.85. The minimum absolute atomic E-state index is 1.03. The van der Waals surface area contributed by atoms with Gasteiger partial charge in [-0.1, -0.05) is 12.1 Å². The van der Waals surface area contributed by atoms with Crippen molar-refractivity contribution in [2.24, 2.45) is 0 Å². The molecule has 4 rings (SSSR count). The molecule has 4 aromatic heterocycles. The van der Waals surface area contributed by atoms with E-state index in [2.05, 4.69) is 57.9 Å². The van der Waals surface area contributed by atoms with Crippen molar-refractivity contribution in [1.29, 1.82) is 0 Å². The van der Waals surface area contributed by atoms with E-state index in [4.69, 9.17) is 0 Å². The summed E-state index contributed by atoms with van der Waals surface area (Å²) in [5, 5.41) is 8.71. The molecule has 0 aliphatic rings. The van der Waals surface area contributed by atoms with Gasteiger partial charge in [0.05, 0.1) is 0 Å². The summed E-state index contributed by atoms with van der Waals surface area (Å²) in [5.41, 5.74) is 2.80. The van der Waals surface area contributed by atoms with Gasteiger partial charge in [-0.2, -0.15) is 11.3 Å². The highest BCUT2D eigenvalue weighted by atomic mass is 32.1. The minimum Gasteiger partial charge on any atom is -0.152 e. The van der Waals surface area contributed by atoms with Crippen LogP contribution in [0.3, 0.4) is 0 Å². The predicted molar refractivity (Wildman–Crippen MR) is 98.1 cm³/mol. The van der Waals surface area contributed by atoms with Gasteiger partial charge in [-0.3, -0.25) is 0 Å². The Labute approximate surface area is 140 Å². The average molecular weight is 345 g/mol. The zero-order valence-electron chi connectivity index (χ0n) is 11.1. The summed E-state index contributed by atoms with van der Waals surface area (Å²) in [6.45, 7) is 0. The Bertz CT molecular complexity index is 803. The maximum Gasteiger partial charge on any atom is 0.0484 e. The van der Waals surface area contributed by atoms with Crippen LogP contribution in [0, 0.1) is 0 Å². The van der Waals surface area contributed by atoms with Gasteiger partial charge in [0.1, 0.15) is 0 Å². The van der Waals surface area contributed by atoms with Gasteiger partial charge in [0, 0.05) is 31.5 Å². The van der Waals surface area contributed by atoms with E-state index in [0.29, 0.717) is 0 Å². The smallest absolute Gasteiger partial charge is 0.0484 e. The Hall–Kier alpha value is -1.20. The molecule has 0 spiro atoms. The number of hydrogen-bond donors (Lipinski definition) is 0. The summed E-state index contributed by atoms with van der Waals surface area (Å²) in [6, 6.07) is 13.3. The summed E-state index contributed by atoms with van der Waals surface area (Å²) in [6.07, 6.45) is 1.03. The molecule has 0 saturated heterocycles. The van der Waals surface area contributed by atoms with E-state index in [-0.39, 0.29) is 0 Å². The molecule has 0 fully saturated rings. The highest BCUT2D eigenvalue weighted by molar-refractivity contribution is 7.23. The zero-order chi connectivity index (χ0) is 14.1. The second-order valence-electron chi connectivity index (χ2n) is 4.71. The molecule has 0 aliphatic heterocycles. The van der Waals surface area contributed by atoms with Crippen LogP contribution in [-0.2, 0) is 6.42 Å². The number of hydrogen-bond acceptors (Lipinski definition) is 4. The van der Waals surface area contributed by atoms with Gasteiger partial charge in [-0.15, -0.1) is 34.0 Å². The van der Waals surface area contributed by atoms with Gasteiger partial charge in [0.25, 0.3) is 0 Å². The van der Waals surface area contributed by atoms with Crippen LogP contribution >= 0.6 is 45.3 Å². The molecule has 0 atom stereocenters. The molecule has 0 bridgehead atoms. The summed E-state index contributed by atoms with van der Waals surface area (Å²) in [5.74, 6) is 0. The van der Waals surface area contributed by atoms with E-state index in [1.54, 1.807) is 11.3 Å². The third-order valence-corrected chi connectivity index (χ3v) is 7.14. The van der Waals surface area contributed by atoms with E-state index in [9.17, 15) is 0 Å². The van der Waals surface area contributed by atoms with E-state index in [0.717, 1.165) is 6.42 Å². The topological polar surface area (TPSA) is 0 Å².